The summed E-state index contributed by atoms with van der Waals surface area (Å²) in [6.07, 6.45) is 0. The maximum atomic E-state index is 10.6. The molecule has 5 aromatic heterocycles. The molecule has 0 aliphatic carbocycles. The Morgan fingerprint density at radius 2 is 0.466 bits per heavy atom. The van der Waals surface area contributed by atoms with Gasteiger partial charge in [-0.2, -0.15) is 31.6 Å². The van der Waals surface area contributed by atoms with Gasteiger partial charge in [-0.3, -0.25) is 9.13 Å². The van der Waals surface area contributed by atoms with Crippen LogP contribution in [0.4, 0.5) is 0 Å². The van der Waals surface area contributed by atoms with Gasteiger partial charge in [0, 0.05) is 48.7 Å². The fourth-order valence-electron chi connectivity index (χ4n) is 13.2. The van der Waals surface area contributed by atoms with E-state index in [1.165, 1.54) is 0 Å². The van der Waals surface area contributed by atoms with Crippen molar-refractivity contribution >= 4 is 87.2 Å². The van der Waals surface area contributed by atoms with Gasteiger partial charge in [-0.25, -0.2) is 4.98 Å². The summed E-state index contributed by atoms with van der Waals surface area (Å²) in [5.41, 5.74) is 15.6. The summed E-state index contributed by atoms with van der Waals surface area (Å²) in [7, 11) is 0. The van der Waals surface area contributed by atoms with E-state index in [-0.39, 0.29) is 0 Å². The molecule has 0 N–H and O–H groups in total. The van der Waals surface area contributed by atoms with E-state index in [0.29, 0.717) is 67.4 Å². The molecule has 11 nitrogen and oxygen atoms in total. The van der Waals surface area contributed by atoms with E-state index < -0.39 is 0 Å². The lowest BCUT2D eigenvalue weighted by atomic mass is 10.00. The fourth-order valence-corrected chi connectivity index (χ4v) is 13.2. The van der Waals surface area contributed by atoms with Crippen LogP contribution in [0.2, 0.25) is 0 Å². The number of hydrogen-bond acceptors (Lipinski definition) is 7. The lowest BCUT2D eigenvalue weighted by Gasteiger charge is -2.27. The molecule has 11 aromatic carbocycles. The fraction of sp³-hybridized carbons (Fsp3) is 0. The zero-order chi connectivity index (χ0) is 59.3. The van der Waals surface area contributed by atoms with E-state index in [2.05, 4.69) is 127 Å². The Labute approximate surface area is 502 Å². The van der Waals surface area contributed by atoms with Crippen LogP contribution in [-0.2, 0) is 0 Å². The first-order valence-corrected chi connectivity index (χ1v) is 28.4. The van der Waals surface area contributed by atoms with Gasteiger partial charge in [0.25, 0.3) is 0 Å². The number of aromatic nitrogens is 5. The summed E-state index contributed by atoms with van der Waals surface area (Å²) in [5.74, 6) is 0.984. The van der Waals surface area contributed by atoms with Crippen molar-refractivity contribution in [3.05, 3.63) is 270 Å². The molecule has 0 radical (unpaired) electrons. The van der Waals surface area contributed by atoms with E-state index in [1.807, 2.05) is 140 Å². The van der Waals surface area contributed by atoms with Gasteiger partial charge in [0.05, 0.1) is 114 Å². The third-order valence-corrected chi connectivity index (χ3v) is 17.1. The molecule has 11 heteroatoms. The van der Waals surface area contributed by atoms with Gasteiger partial charge in [0.2, 0.25) is 0 Å². The van der Waals surface area contributed by atoms with Crippen LogP contribution in [0.5, 0.6) is 0 Å². The third kappa shape index (κ3) is 7.54. The first-order chi connectivity index (χ1) is 43.4. The van der Waals surface area contributed by atoms with Gasteiger partial charge in [0.15, 0.2) is 11.6 Å². The lowest BCUT2D eigenvalue weighted by molar-refractivity contribution is 0.961. The monoisotopic (exact) mass is 1120 g/mol. The summed E-state index contributed by atoms with van der Waals surface area (Å²) in [5, 5.41) is 69.6. The molecular formula is C77H39N11. The van der Waals surface area contributed by atoms with Crippen LogP contribution in [-0.4, -0.2) is 23.3 Å². The molecule has 5 heterocycles. The Bertz CT molecular complexity index is 5690. The molecule has 0 fully saturated rings. The highest BCUT2D eigenvalue weighted by Crippen LogP contribution is 2.50. The molecule has 0 aliphatic heterocycles. The van der Waals surface area contributed by atoms with E-state index >= 15 is 0 Å². The van der Waals surface area contributed by atoms with E-state index in [1.54, 1.807) is 24.3 Å². The standard InChI is InChI=1S/C77H39N11/c78-40-46-16-24-65-57(32-46)58-33-47(41-79)17-25-66(58)85(65)74-73(54-14-8-3-9-15-54)75(86-67-26-18-48(42-80)34-59(67)60-35-49(43-81)19-27-68(60)86)77(84-76(74)87-69-28-20-50(44-82)36-61(69)62-37-51(45-83)21-29-70(62)87)88-71-30-22-55(52-10-4-1-5-11-52)38-63(71)64-39-56(23-31-72(64)88)53-12-6-2-7-13-53/h1-39H. The van der Waals surface area contributed by atoms with Crippen molar-refractivity contribution in [1.82, 2.24) is 23.3 Å². The molecule has 16 aromatic rings. The highest BCUT2D eigenvalue weighted by molar-refractivity contribution is 6.17. The molecule has 0 atom stereocenters. The van der Waals surface area contributed by atoms with Crippen molar-refractivity contribution < 1.29 is 0 Å². The van der Waals surface area contributed by atoms with E-state index in [4.69, 9.17) is 4.98 Å². The first-order valence-electron chi connectivity index (χ1n) is 28.4. The van der Waals surface area contributed by atoms with Crippen molar-refractivity contribution in [1.29, 1.82) is 31.6 Å². The van der Waals surface area contributed by atoms with E-state index in [0.717, 1.165) is 110 Å². The number of fused-ring (bicyclic) bond motifs is 12. The van der Waals surface area contributed by atoms with Crippen LogP contribution in [0.25, 0.3) is 144 Å². The SMILES string of the molecule is N#Cc1ccc2c(c1)c1cc(C#N)ccc1n2-c1nc(-n2c3ccc(-c4ccccc4)cc3c3cc(-c4ccccc4)ccc32)c(-n2c3ccc(C#N)cc3c3cc(C#N)ccc32)c(-c2ccccc2)c1-n1c2ccc(C#N)cc2c2cc(C#N)ccc21. The van der Waals surface area contributed by atoms with Gasteiger partial charge in [0.1, 0.15) is 11.4 Å². The predicted molar refractivity (Wildman–Crippen MR) is 346 cm³/mol. The summed E-state index contributed by atoms with van der Waals surface area (Å²) in [4.78, 5) is 6.31. The van der Waals surface area contributed by atoms with Crippen LogP contribution in [0, 0.1) is 68.0 Å². The number of pyridine rings is 1. The maximum absolute atomic E-state index is 10.6. The third-order valence-electron chi connectivity index (χ3n) is 17.1. The highest BCUT2D eigenvalue weighted by atomic mass is 15.2. The second-order valence-electron chi connectivity index (χ2n) is 21.8. The Morgan fingerprint density at radius 3 is 0.739 bits per heavy atom. The Balaban J connectivity index is 1.21. The number of nitriles is 6. The Hall–Kier alpha value is -13.3. The van der Waals surface area contributed by atoms with Gasteiger partial charge in [-0.1, -0.05) is 103 Å². The van der Waals surface area contributed by atoms with Crippen LogP contribution >= 0.6 is 0 Å². The topological polar surface area (TPSA) is 175 Å². The number of nitrogens with zero attached hydrogens (tertiary/aromatic N) is 11. The van der Waals surface area contributed by atoms with Crippen molar-refractivity contribution in [3.63, 3.8) is 0 Å². The Kier molecular flexibility index (Phi) is 11.3. The zero-order valence-corrected chi connectivity index (χ0v) is 46.4. The molecule has 402 valence electrons. The minimum absolute atomic E-state index is 0.437. The minimum Gasteiger partial charge on any atom is -0.305 e. The molecule has 0 spiro atoms. The molecule has 0 bridgehead atoms. The van der Waals surface area contributed by atoms with Crippen molar-refractivity contribution in [3.8, 4) is 92.8 Å². The normalized spacial score (nSPS) is 11.3. The average Bonchev–Trinajstić information content (AvgIpc) is 1.55. The van der Waals surface area contributed by atoms with Gasteiger partial charge < -0.3 is 9.13 Å². The Morgan fingerprint density at radius 1 is 0.227 bits per heavy atom. The number of hydrogen-bond donors (Lipinski definition) is 0. The molecule has 16 rings (SSSR count). The van der Waals surface area contributed by atoms with Crippen molar-refractivity contribution in [2.45, 2.75) is 0 Å². The molecule has 0 saturated heterocycles. The molecule has 0 saturated carbocycles. The van der Waals surface area contributed by atoms with Crippen LogP contribution in [0.3, 0.4) is 0 Å². The van der Waals surface area contributed by atoms with Crippen LogP contribution in [0.15, 0.2) is 237 Å². The molecule has 0 aliphatic rings. The van der Waals surface area contributed by atoms with Gasteiger partial charge in [-0.15, -0.1) is 0 Å². The summed E-state index contributed by atoms with van der Waals surface area (Å²) < 4.78 is 8.80. The molecule has 0 amide bonds. The predicted octanol–water partition coefficient (Wildman–Crippen LogP) is 17.7. The quantitative estimate of drug-likeness (QED) is 0.153. The first kappa shape index (κ1) is 50.4. The van der Waals surface area contributed by atoms with Gasteiger partial charge >= 0.3 is 0 Å². The number of benzene rings is 11. The lowest BCUT2D eigenvalue weighted by Crippen LogP contribution is -2.16. The van der Waals surface area contributed by atoms with Crippen molar-refractivity contribution in [2.24, 2.45) is 0 Å². The molecular weight excluding hydrogens is 1080 g/mol. The van der Waals surface area contributed by atoms with Crippen molar-refractivity contribution in [2.75, 3.05) is 0 Å². The average molecular weight is 1120 g/mol. The van der Waals surface area contributed by atoms with Crippen LogP contribution < -0.4 is 0 Å². The highest BCUT2D eigenvalue weighted by Gasteiger charge is 2.33. The summed E-state index contributed by atoms with van der Waals surface area (Å²) in [6.45, 7) is 0. The largest absolute Gasteiger partial charge is 0.305 e. The van der Waals surface area contributed by atoms with Crippen LogP contribution in [0.1, 0.15) is 33.4 Å². The number of rotatable bonds is 7. The minimum atomic E-state index is 0.437. The maximum Gasteiger partial charge on any atom is 0.165 e. The molecule has 0 unspecified atom stereocenters. The second kappa shape index (κ2) is 19.7. The zero-order valence-electron chi connectivity index (χ0n) is 46.4. The van der Waals surface area contributed by atoms with Gasteiger partial charge in [-0.05, 0) is 161 Å². The second-order valence-corrected chi connectivity index (χ2v) is 21.8. The molecule has 88 heavy (non-hydrogen) atoms. The smallest absolute Gasteiger partial charge is 0.165 e. The summed E-state index contributed by atoms with van der Waals surface area (Å²) in [6, 6.07) is 92.0. The summed E-state index contributed by atoms with van der Waals surface area (Å²) >= 11 is 0. The van der Waals surface area contributed by atoms with E-state index in [9.17, 15) is 31.6 Å².